The summed E-state index contributed by atoms with van der Waals surface area (Å²) in [5.41, 5.74) is 2.43. The van der Waals surface area contributed by atoms with E-state index in [-0.39, 0.29) is 12.6 Å². The fraction of sp³-hybridized carbons (Fsp3) is 0.462. The van der Waals surface area contributed by atoms with Crippen molar-refractivity contribution in [3.05, 3.63) is 33.8 Å². The summed E-state index contributed by atoms with van der Waals surface area (Å²) in [4.78, 5) is 12.9. The minimum atomic E-state index is -0.745. The topological polar surface area (TPSA) is 40.5 Å². The highest BCUT2D eigenvalue weighted by molar-refractivity contribution is 9.10. The molecule has 0 aliphatic carbocycles. The second kappa shape index (κ2) is 5.19. The molecule has 17 heavy (non-hydrogen) atoms. The minimum absolute atomic E-state index is 0.139. The predicted octanol–water partition coefficient (Wildman–Crippen LogP) is 2.98. The van der Waals surface area contributed by atoms with Crippen LogP contribution in [0.5, 0.6) is 0 Å². The number of likely N-dealkylation sites (tertiary alicyclic amines) is 1. The van der Waals surface area contributed by atoms with Crippen LogP contribution in [0.25, 0.3) is 0 Å². The highest BCUT2D eigenvalue weighted by Gasteiger charge is 2.27. The second-order valence-corrected chi connectivity index (χ2v) is 5.39. The fourth-order valence-corrected chi connectivity index (χ4v) is 2.69. The minimum Gasteiger partial charge on any atom is -0.480 e. The summed E-state index contributed by atoms with van der Waals surface area (Å²) in [5, 5.41) is 8.89. The van der Waals surface area contributed by atoms with Crippen molar-refractivity contribution in [2.24, 2.45) is 0 Å². The van der Waals surface area contributed by atoms with E-state index < -0.39 is 5.97 Å². The van der Waals surface area contributed by atoms with Crippen LogP contribution in [0.3, 0.4) is 0 Å². The van der Waals surface area contributed by atoms with Crippen molar-refractivity contribution in [1.29, 1.82) is 0 Å². The van der Waals surface area contributed by atoms with Gasteiger partial charge in [0.1, 0.15) is 0 Å². The van der Waals surface area contributed by atoms with Crippen LogP contribution in [-0.2, 0) is 4.79 Å². The average molecular weight is 298 g/mol. The van der Waals surface area contributed by atoms with Gasteiger partial charge in [-0.25, -0.2) is 0 Å². The van der Waals surface area contributed by atoms with Crippen molar-refractivity contribution in [1.82, 2.24) is 4.90 Å². The van der Waals surface area contributed by atoms with Crippen molar-refractivity contribution in [2.45, 2.75) is 25.8 Å². The molecule has 0 spiro atoms. The Hall–Kier alpha value is -0.870. The maximum Gasteiger partial charge on any atom is 0.317 e. The van der Waals surface area contributed by atoms with E-state index in [0.29, 0.717) is 0 Å². The summed E-state index contributed by atoms with van der Waals surface area (Å²) in [6.07, 6.45) is 2.13. The molecule has 0 saturated carbocycles. The molecule has 0 bridgehead atoms. The molecule has 1 fully saturated rings. The van der Waals surface area contributed by atoms with Gasteiger partial charge in [-0.05, 0) is 43.5 Å². The Labute approximate surface area is 110 Å². The molecule has 1 unspecified atom stereocenters. The summed E-state index contributed by atoms with van der Waals surface area (Å²) in [5.74, 6) is -0.745. The number of carboxylic acids is 1. The summed E-state index contributed by atoms with van der Waals surface area (Å²) < 4.78 is 1.10. The van der Waals surface area contributed by atoms with Gasteiger partial charge in [0.2, 0.25) is 0 Å². The lowest BCUT2D eigenvalue weighted by atomic mass is 10.0. The molecule has 1 aliphatic heterocycles. The van der Waals surface area contributed by atoms with E-state index in [1.807, 2.05) is 11.0 Å². The first-order valence-corrected chi connectivity index (χ1v) is 6.59. The van der Waals surface area contributed by atoms with Crippen LogP contribution in [0.4, 0.5) is 0 Å². The average Bonchev–Trinajstić information content (AvgIpc) is 2.69. The molecule has 4 heteroatoms. The molecule has 1 aliphatic rings. The Morgan fingerprint density at radius 1 is 1.59 bits per heavy atom. The van der Waals surface area contributed by atoms with Gasteiger partial charge < -0.3 is 5.11 Å². The molecule has 0 radical (unpaired) electrons. The summed E-state index contributed by atoms with van der Waals surface area (Å²) in [6, 6.07) is 6.54. The molecular formula is C13H16BrNO2. The number of carbonyl (C=O) groups is 1. The van der Waals surface area contributed by atoms with Gasteiger partial charge in [-0.15, -0.1) is 0 Å². The predicted molar refractivity (Wildman–Crippen MR) is 70.1 cm³/mol. The van der Waals surface area contributed by atoms with Gasteiger partial charge in [0.05, 0.1) is 6.54 Å². The van der Waals surface area contributed by atoms with Gasteiger partial charge in [0.25, 0.3) is 0 Å². The molecule has 1 saturated heterocycles. The van der Waals surface area contributed by atoms with E-state index >= 15 is 0 Å². The number of rotatable bonds is 3. The molecule has 1 heterocycles. The van der Waals surface area contributed by atoms with Gasteiger partial charge in [0.15, 0.2) is 0 Å². The van der Waals surface area contributed by atoms with Crippen LogP contribution < -0.4 is 0 Å². The number of nitrogens with zero attached hydrogens (tertiary/aromatic N) is 1. The number of aliphatic carboxylic acids is 1. The Morgan fingerprint density at radius 3 is 3.00 bits per heavy atom. The lowest BCUT2D eigenvalue weighted by Crippen LogP contribution is -2.29. The van der Waals surface area contributed by atoms with Gasteiger partial charge in [-0.1, -0.05) is 28.1 Å². The Kier molecular flexibility index (Phi) is 3.84. The van der Waals surface area contributed by atoms with E-state index in [1.54, 1.807) is 0 Å². The lowest BCUT2D eigenvalue weighted by molar-refractivity contribution is -0.138. The van der Waals surface area contributed by atoms with E-state index in [9.17, 15) is 4.79 Å². The zero-order valence-electron chi connectivity index (χ0n) is 9.82. The summed E-state index contributed by atoms with van der Waals surface area (Å²) in [6.45, 7) is 3.08. The van der Waals surface area contributed by atoms with E-state index in [0.717, 1.165) is 23.9 Å². The highest BCUT2D eigenvalue weighted by atomic mass is 79.9. The quantitative estimate of drug-likeness (QED) is 0.932. The maximum atomic E-state index is 10.8. The number of benzene rings is 1. The third kappa shape index (κ3) is 2.87. The number of halogens is 1. The van der Waals surface area contributed by atoms with Crippen molar-refractivity contribution >= 4 is 21.9 Å². The van der Waals surface area contributed by atoms with E-state index in [1.165, 1.54) is 11.1 Å². The third-order valence-corrected chi connectivity index (χ3v) is 4.16. The van der Waals surface area contributed by atoms with Crippen LogP contribution in [-0.4, -0.2) is 29.1 Å². The van der Waals surface area contributed by atoms with Gasteiger partial charge in [0, 0.05) is 10.5 Å². The largest absolute Gasteiger partial charge is 0.480 e. The zero-order chi connectivity index (χ0) is 12.4. The number of carboxylic acid groups (broad SMARTS) is 1. The molecule has 1 aromatic rings. The molecule has 0 amide bonds. The highest BCUT2D eigenvalue weighted by Crippen LogP contribution is 2.33. The fourth-order valence-electron chi connectivity index (χ4n) is 2.44. The summed E-state index contributed by atoms with van der Waals surface area (Å²) >= 11 is 3.49. The van der Waals surface area contributed by atoms with Crippen LogP contribution in [0.1, 0.15) is 30.0 Å². The lowest BCUT2D eigenvalue weighted by Gasteiger charge is -2.23. The Balaban J connectivity index is 2.20. The van der Waals surface area contributed by atoms with E-state index in [2.05, 4.69) is 35.0 Å². The number of hydrogen-bond donors (Lipinski definition) is 1. The summed E-state index contributed by atoms with van der Waals surface area (Å²) in [7, 11) is 0. The maximum absolute atomic E-state index is 10.8. The van der Waals surface area contributed by atoms with Crippen molar-refractivity contribution in [3.8, 4) is 0 Å². The Bertz CT molecular complexity index is 433. The standard InChI is InChI=1S/C13H16BrNO2/c1-9-7-10(4-5-11(9)14)12-3-2-6-15(12)8-13(16)17/h4-5,7,12H,2-3,6,8H2,1H3,(H,16,17). The van der Waals surface area contributed by atoms with Gasteiger partial charge >= 0.3 is 5.97 Å². The first kappa shape index (κ1) is 12.6. The van der Waals surface area contributed by atoms with Gasteiger partial charge in [-0.2, -0.15) is 0 Å². The number of aryl methyl sites for hydroxylation is 1. The zero-order valence-corrected chi connectivity index (χ0v) is 11.4. The number of hydrogen-bond acceptors (Lipinski definition) is 2. The normalized spacial score (nSPS) is 20.7. The van der Waals surface area contributed by atoms with E-state index in [4.69, 9.17) is 5.11 Å². The third-order valence-electron chi connectivity index (χ3n) is 3.27. The van der Waals surface area contributed by atoms with Crippen LogP contribution in [0.2, 0.25) is 0 Å². The monoisotopic (exact) mass is 297 g/mol. The second-order valence-electron chi connectivity index (χ2n) is 4.53. The van der Waals surface area contributed by atoms with Crippen molar-refractivity contribution in [2.75, 3.05) is 13.1 Å². The van der Waals surface area contributed by atoms with Crippen LogP contribution in [0, 0.1) is 6.92 Å². The molecule has 2 rings (SSSR count). The SMILES string of the molecule is Cc1cc(C2CCCN2CC(=O)O)ccc1Br. The first-order valence-electron chi connectivity index (χ1n) is 5.80. The molecule has 1 N–H and O–H groups in total. The van der Waals surface area contributed by atoms with Crippen LogP contribution in [0.15, 0.2) is 22.7 Å². The molecule has 92 valence electrons. The smallest absolute Gasteiger partial charge is 0.317 e. The molecule has 0 aromatic heterocycles. The molecule has 3 nitrogen and oxygen atoms in total. The molecule has 1 atom stereocenters. The first-order chi connectivity index (χ1) is 8.08. The van der Waals surface area contributed by atoms with Crippen LogP contribution >= 0.6 is 15.9 Å². The Morgan fingerprint density at radius 2 is 2.35 bits per heavy atom. The molecule has 1 aromatic carbocycles. The van der Waals surface area contributed by atoms with Crippen molar-refractivity contribution < 1.29 is 9.90 Å². The molecular weight excluding hydrogens is 282 g/mol. The van der Waals surface area contributed by atoms with Gasteiger partial charge in [-0.3, -0.25) is 9.69 Å². The van der Waals surface area contributed by atoms with Crippen molar-refractivity contribution in [3.63, 3.8) is 0 Å².